The van der Waals surface area contributed by atoms with Gasteiger partial charge < -0.3 is 11.1 Å². The lowest BCUT2D eigenvalue weighted by Crippen LogP contribution is -2.36. The van der Waals surface area contributed by atoms with Crippen LogP contribution in [0.5, 0.6) is 0 Å². The number of hydrogen-bond acceptors (Lipinski definition) is 2. The van der Waals surface area contributed by atoms with Crippen molar-refractivity contribution in [3.8, 4) is 0 Å². The van der Waals surface area contributed by atoms with Crippen LogP contribution in [0.2, 0.25) is 5.02 Å². The van der Waals surface area contributed by atoms with Crippen molar-refractivity contribution in [1.82, 2.24) is 0 Å². The van der Waals surface area contributed by atoms with Crippen LogP contribution >= 0.6 is 11.6 Å². The Bertz CT molecular complexity index is 330. The topological polar surface area (TPSA) is 38.0 Å². The summed E-state index contributed by atoms with van der Waals surface area (Å²) < 4.78 is 0. The molecule has 3 N–H and O–H groups in total. The fourth-order valence-corrected chi connectivity index (χ4v) is 2.15. The second kappa shape index (κ2) is 3.44. The molecule has 0 spiro atoms. The van der Waals surface area contributed by atoms with E-state index in [0.717, 1.165) is 11.4 Å². The second-order valence-electron chi connectivity index (χ2n) is 4.03. The summed E-state index contributed by atoms with van der Waals surface area (Å²) >= 11 is 6.13. The van der Waals surface area contributed by atoms with Crippen molar-refractivity contribution in [2.24, 2.45) is 5.73 Å². The van der Waals surface area contributed by atoms with E-state index in [9.17, 15) is 0 Å². The van der Waals surface area contributed by atoms with Gasteiger partial charge in [0.2, 0.25) is 0 Å². The highest BCUT2D eigenvalue weighted by molar-refractivity contribution is 6.31. The van der Waals surface area contributed by atoms with Crippen LogP contribution in [0.25, 0.3) is 0 Å². The first-order valence-electron chi connectivity index (χ1n) is 4.89. The van der Waals surface area contributed by atoms with Gasteiger partial charge >= 0.3 is 0 Å². The maximum absolute atomic E-state index is 6.13. The third kappa shape index (κ3) is 1.49. The average molecular weight is 211 g/mol. The van der Waals surface area contributed by atoms with Gasteiger partial charge in [0.15, 0.2) is 0 Å². The van der Waals surface area contributed by atoms with Gasteiger partial charge in [-0.15, -0.1) is 0 Å². The molecule has 76 valence electrons. The molecule has 0 saturated heterocycles. The Labute approximate surface area is 89.4 Å². The van der Waals surface area contributed by atoms with Crippen LogP contribution in [0.4, 0.5) is 5.69 Å². The number of benzene rings is 1. The van der Waals surface area contributed by atoms with Crippen LogP contribution in [-0.2, 0) is 6.42 Å². The number of aryl methyl sites for hydroxylation is 1. The normalized spacial score (nSPS) is 21.6. The summed E-state index contributed by atoms with van der Waals surface area (Å²) in [7, 11) is 0. The van der Waals surface area contributed by atoms with Crippen molar-refractivity contribution in [2.45, 2.75) is 32.4 Å². The van der Waals surface area contributed by atoms with Gasteiger partial charge in [0, 0.05) is 22.8 Å². The molecule has 0 bridgehead atoms. The van der Waals surface area contributed by atoms with Gasteiger partial charge in [0.1, 0.15) is 0 Å². The number of anilines is 1. The summed E-state index contributed by atoms with van der Waals surface area (Å²) in [4.78, 5) is 0. The molecule has 0 saturated carbocycles. The number of nitrogens with two attached hydrogens (primary N) is 1. The van der Waals surface area contributed by atoms with Crippen molar-refractivity contribution in [1.29, 1.82) is 0 Å². The van der Waals surface area contributed by atoms with Gasteiger partial charge in [-0.05, 0) is 37.5 Å². The average Bonchev–Trinajstić information content (AvgIpc) is 2.57. The molecule has 14 heavy (non-hydrogen) atoms. The van der Waals surface area contributed by atoms with Crippen molar-refractivity contribution in [3.05, 3.63) is 28.3 Å². The number of rotatable bonds is 1. The van der Waals surface area contributed by atoms with E-state index >= 15 is 0 Å². The number of hydrogen-bond donors (Lipinski definition) is 2. The molecule has 1 aromatic carbocycles. The molecule has 0 radical (unpaired) electrons. The van der Waals surface area contributed by atoms with E-state index in [-0.39, 0.29) is 6.04 Å². The molecular weight excluding hydrogens is 196 g/mol. The summed E-state index contributed by atoms with van der Waals surface area (Å²) in [6, 6.07) is 4.47. The van der Waals surface area contributed by atoms with Crippen LogP contribution < -0.4 is 11.1 Å². The van der Waals surface area contributed by atoms with E-state index in [1.165, 1.54) is 16.8 Å². The molecule has 0 aliphatic carbocycles. The van der Waals surface area contributed by atoms with Gasteiger partial charge in [-0.3, -0.25) is 0 Å². The van der Waals surface area contributed by atoms with Crippen molar-refractivity contribution < 1.29 is 0 Å². The van der Waals surface area contributed by atoms with Gasteiger partial charge in [-0.2, -0.15) is 0 Å². The molecule has 0 amide bonds. The minimum Gasteiger partial charge on any atom is -0.380 e. The van der Waals surface area contributed by atoms with Gasteiger partial charge in [-0.1, -0.05) is 17.7 Å². The Morgan fingerprint density at radius 3 is 2.86 bits per heavy atom. The van der Waals surface area contributed by atoms with E-state index in [1.807, 2.05) is 19.1 Å². The van der Waals surface area contributed by atoms with Crippen molar-refractivity contribution in [2.75, 3.05) is 5.32 Å². The first-order chi connectivity index (χ1) is 6.59. The Morgan fingerprint density at radius 2 is 2.29 bits per heavy atom. The highest BCUT2D eigenvalue weighted by Crippen LogP contribution is 2.35. The Hall–Kier alpha value is -0.730. The molecule has 2 unspecified atom stereocenters. The molecule has 2 atom stereocenters. The lowest BCUT2D eigenvalue weighted by atomic mass is 10.0. The minimum absolute atomic E-state index is 0.151. The quantitative estimate of drug-likeness (QED) is 0.747. The molecule has 0 fully saturated rings. The van der Waals surface area contributed by atoms with Gasteiger partial charge in [0.05, 0.1) is 0 Å². The maximum atomic E-state index is 6.13. The first kappa shape index (κ1) is 9.81. The number of halogens is 1. The Kier molecular flexibility index (Phi) is 2.41. The smallest absolute Gasteiger partial charge is 0.0459 e. The van der Waals surface area contributed by atoms with Crippen LogP contribution in [-0.4, -0.2) is 12.1 Å². The zero-order valence-corrected chi connectivity index (χ0v) is 9.23. The predicted molar refractivity (Wildman–Crippen MR) is 61.0 cm³/mol. The summed E-state index contributed by atoms with van der Waals surface area (Å²) in [5.74, 6) is 0. The summed E-state index contributed by atoms with van der Waals surface area (Å²) in [6.45, 7) is 4.11. The molecule has 2 rings (SSSR count). The highest BCUT2D eigenvalue weighted by atomic mass is 35.5. The monoisotopic (exact) mass is 210 g/mol. The molecular formula is C11H15ClN2. The third-order valence-electron chi connectivity index (χ3n) is 2.85. The number of fused-ring (bicyclic) bond motifs is 1. The fraction of sp³-hybridized carbons (Fsp3) is 0.455. The van der Waals surface area contributed by atoms with Crippen LogP contribution in [0.1, 0.15) is 18.1 Å². The highest BCUT2D eigenvalue weighted by Gasteiger charge is 2.26. The summed E-state index contributed by atoms with van der Waals surface area (Å²) in [5.41, 5.74) is 9.51. The molecule has 1 aliphatic heterocycles. The van der Waals surface area contributed by atoms with Gasteiger partial charge in [-0.25, -0.2) is 0 Å². The molecule has 3 heteroatoms. The van der Waals surface area contributed by atoms with Gasteiger partial charge in [0.25, 0.3) is 0 Å². The molecule has 1 aromatic rings. The summed E-state index contributed by atoms with van der Waals surface area (Å²) in [5, 5.41) is 4.28. The summed E-state index contributed by atoms with van der Waals surface area (Å²) in [6.07, 6.45) is 0.938. The number of nitrogens with one attached hydrogen (secondary N) is 1. The second-order valence-corrected chi connectivity index (χ2v) is 4.44. The molecule has 1 aliphatic rings. The lowest BCUT2D eigenvalue weighted by Gasteiger charge is -2.15. The Balaban J connectivity index is 2.38. The molecule has 0 aromatic heterocycles. The van der Waals surface area contributed by atoms with E-state index in [0.29, 0.717) is 6.04 Å². The van der Waals surface area contributed by atoms with E-state index in [2.05, 4.69) is 12.2 Å². The predicted octanol–water partition coefficient (Wildman–Crippen LogP) is 2.33. The Morgan fingerprint density at radius 1 is 1.57 bits per heavy atom. The standard InChI is InChI=1S/C11H15ClN2/c1-6-3-4-9(12)8-5-10(7(2)13)14-11(6)8/h3-4,7,10,14H,5,13H2,1-2H3. The zero-order chi connectivity index (χ0) is 10.3. The minimum atomic E-state index is 0.151. The van der Waals surface area contributed by atoms with E-state index < -0.39 is 0 Å². The van der Waals surface area contributed by atoms with Crippen molar-refractivity contribution >= 4 is 17.3 Å². The first-order valence-corrected chi connectivity index (χ1v) is 5.27. The fourth-order valence-electron chi connectivity index (χ4n) is 1.91. The third-order valence-corrected chi connectivity index (χ3v) is 3.21. The molecule has 2 nitrogen and oxygen atoms in total. The van der Waals surface area contributed by atoms with Crippen molar-refractivity contribution in [3.63, 3.8) is 0 Å². The molecule has 1 heterocycles. The maximum Gasteiger partial charge on any atom is 0.0459 e. The van der Waals surface area contributed by atoms with Crippen LogP contribution in [0, 0.1) is 6.92 Å². The largest absolute Gasteiger partial charge is 0.380 e. The lowest BCUT2D eigenvalue weighted by molar-refractivity contribution is 0.612. The van der Waals surface area contributed by atoms with Crippen LogP contribution in [0.3, 0.4) is 0 Å². The SMILES string of the molecule is Cc1ccc(Cl)c2c1NC(C(C)N)C2. The zero-order valence-electron chi connectivity index (χ0n) is 8.47. The van der Waals surface area contributed by atoms with E-state index in [1.54, 1.807) is 0 Å². The van der Waals surface area contributed by atoms with Crippen LogP contribution in [0.15, 0.2) is 12.1 Å². The van der Waals surface area contributed by atoms with E-state index in [4.69, 9.17) is 17.3 Å².